The molecule has 0 bridgehead atoms. The van der Waals surface area contributed by atoms with Crippen LogP contribution in [0.4, 0.5) is 4.39 Å². The van der Waals surface area contributed by atoms with Crippen molar-refractivity contribution in [1.82, 2.24) is 0 Å². The lowest BCUT2D eigenvalue weighted by Gasteiger charge is -2.57. The summed E-state index contributed by atoms with van der Waals surface area (Å²) in [7, 11) is 0. The topological polar surface area (TPSA) is 65.0 Å². The summed E-state index contributed by atoms with van der Waals surface area (Å²) in [5, 5.41) is 9.30. The summed E-state index contributed by atoms with van der Waals surface area (Å²) in [6.45, 7) is 8.25. The van der Waals surface area contributed by atoms with Gasteiger partial charge in [-0.25, -0.2) is 9.18 Å². The number of aromatic carboxylic acids is 1. The second kappa shape index (κ2) is 8.07. The molecule has 1 aromatic rings. The Balaban J connectivity index is 1.47. The molecule has 6 heteroatoms. The zero-order valence-electron chi connectivity index (χ0n) is 16.9. The third-order valence-corrected chi connectivity index (χ3v) is 7.39. The SMILES string of the molecule is C=C1CCC2C3COCOC3CCC2(C)C1CCOc1ccc(F)cc1C(=O)O. The first kappa shape index (κ1) is 20.4. The number of ether oxygens (including phenoxy) is 3. The van der Waals surface area contributed by atoms with Gasteiger partial charge in [0.15, 0.2) is 0 Å². The van der Waals surface area contributed by atoms with E-state index in [-0.39, 0.29) is 16.7 Å². The first-order valence-electron chi connectivity index (χ1n) is 10.4. The molecule has 0 spiro atoms. The maximum Gasteiger partial charge on any atom is 0.339 e. The second-order valence-corrected chi connectivity index (χ2v) is 8.84. The third kappa shape index (κ3) is 3.80. The molecule has 4 rings (SSSR count). The molecular weight excluding hydrogens is 375 g/mol. The standard InChI is InChI=1S/C23H29FO5/c1-14-3-5-19-17-12-27-13-29-21(17)7-9-23(19,2)18(14)8-10-28-20-6-4-15(24)11-16(20)22(25)26/h4,6,11,17-19,21H,1,3,5,7-10,12-13H2,2H3,(H,25,26). The fourth-order valence-corrected chi connectivity index (χ4v) is 5.92. The highest BCUT2D eigenvalue weighted by atomic mass is 19.1. The summed E-state index contributed by atoms with van der Waals surface area (Å²) in [6.07, 6.45) is 5.28. The van der Waals surface area contributed by atoms with Gasteiger partial charge in [-0.1, -0.05) is 19.1 Å². The van der Waals surface area contributed by atoms with E-state index in [0.29, 0.717) is 37.3 Å². The Morgan fingerprint density at radius 3 is 3.03 bits per heavy atom. The van der Waals surface area contributed by atoms with Crippen LogP contribution < -0.4 is 4.74 Å². The largest absolute Gasteiger partial charge is 0.493 e. The molecule has 3 aliphatic rings. The molecule has 0 aromatic heterocycles. The van der Waals surface area contributed by atoms with Gasteiger partial charge in [0, 0.05) is 5.92 Å². The highest BCUT2D eigenvalue weighted by Gasteiger charge is 2.53. The molecule has 5 unspecified atom stereocenters. The fraction of sp³-hybridized carbons (Fsp3) is 0.609. The van der Waals surface area contributed by atoms with Crippen LogP contribution in [0.3, 0.4) is 0 Å². The zero-order valence-corrected chi connectivity index (χ0v) is 16.9. The molecule has 5 atom stereocenters. The van der Waals surface area contributed by atoms with Gasteiger partial charge >= 0.3 is 5.97 Å². The van der Waals surface area contributed by atoms with Gasteiger partial charge in [-0.2, -0.15) is 0 Å². The van der Waals surface area contributed by atoms with Crippen molar-refractivity contribution in [1.29, 1.82) is 0 Å². The van der Waals surface area contributed by atoms with Crippen LogP contribution in [0.2, 0.25) is 0 Å². The van der Waals surface area contributed by atoms with Crippen LogP contribution in [-0.2, 0) is 9.47 Å². The fourth-order valence-electron chi connectivity index (χ4n) is 5.92. The lowest BCUT2D eigenvalue weighted by Crippen LogP contribution is -2.54. The molecule has 2 saturated carbocycles. The van der Waals surface area contributed by atoms with Crippen molar-refractivity contribution in [3.63, 3.8) is 0 Å². The molecule has 5 nitrogen and oxygen atoms in total. The Kier molecular flexibility index (Phi) is 5.67. The summed E-state index contributed by atoms with van der Waals surface area (Å²) >= 11 is 0. The molecular formula is C23H29FO5. The van der Waals surface area contributed by atoms with Gasteiger partial charge in [0.25, 0.3) is 0 Å². The molecule has 1 aliphatic heterocycles. The zero-order chi connectivity index (χ0) is 20.6. The Hall–Kier alpha value is -1.92. The van der Waals surface area contributed by atoms with Crippen LogP contribution in [-0.4, -0.2) is 37.2 Å². The highest BCUT2D eigenvalue weighted by Crippen LogP contribution is 2.58. The van der Waals surface area contributed by atoms with E-state index < -0.39 is 11.8 Å². The Labute approximate surface area is 170 Å². The van der Waals surface area contributed by atoms with Crippen molar-refractivity contribution < 1.29 is 28.5 Å². The average molecular weight is 404 g/mol. The molecule has 3 fully saturated rings. The van der Waals surface area contributed by atoms with Crippen LogP contribution in [0.25, 0.3) is 0 Å². The molecule has 29 heavy (non-hydrogen) atoms. The maximum absolute atomic E-state index is 13.4. The number of carboxylic acids is 1. The average Bonchev–Trinajstić information content (AvgIpc) is 2.70. The number of rotatable bonds is 5. The van der Waals surface area contributed by atoms with Gasteiger partial charge in [-0.05, 0) is 67.6 Å². The molecule has 0 amide bonds. The van der Waals surface area contributed by atoms with E-state index in [1.807, 2.05) is 0 Å². The van der Waals surface area contributed by atoms with Gasteiger partial charge in [0.1, 0.15) is 23.9 Å². The van der Waals surface area contributed by atoms with Crippen molar-refractivity contribution in [3.05, 3.63) is 41.7 Å². The number of benzene rings is 1. The predicted octanol–water partition coefficient (Wildman–Crippen LogP) is 4.66. The van der Waals surface area contributed by atoms with Gasteiger partial charge in [0.05, 0.1) is 19.3 Å². The lowest BCUT2D eigenvalue weighted by molar-refractivity contribution is -0.218. The summed E-state index contributed by atoms with van der Waals surface area (Å²) < 4.78 is 30.7. The lowest BCUT2D eigenvalue weighted by atomic mass is 9.50. The van der Waals surface area contributed by atoms with Crippen LogP contribution in [0.15, 0.2) is 30.4 Å². The quantitative estimate of drug-likeness (QED) is 0.723. The summed E-state index contributed by atoms with van der Waals surface area (Å²) in [5.74, 6) is -0.312. The van der Waals surface area contributed by atoms with E-state index in [1.165, 1.54) is 17.7 Å². The normalized spacial score (nSPS) is 34.2. The monoisotopic (exact) mass is 404 g/mol. The number of hydrogen-bond acceptors (Lipinski definition) is 4. The van der Waals surface area contributed by atoms with Gasteiger partial charge in [-0.15, -0.1) is 0 Å². The Morgan fingerprint density at radius 1 is 1.41 bits per heavy atom. The first-order valence-corrected chi connectivity index (χ1v) is 10.4. The maximum atomic E-state index is 13.4. The van der Waals surface area contributed by atoms with Crippen LogP contribution >= 0.6 is 0 Å². The minimum absolute atomic E-state index is 0.113. The predicted molar refractivity (Wildman–Crippen MR) is 105 cm³/mol. The molecule has 1 heterocycles. The van der Waals surface area contributed by atoms with Crippen LogP contribution in [0.1, 0.15) is 49.4 Å². The van der Waals surface area contributed by atoms with E-state index in [0.717, 1.165) is 44.8 Å². The summed E-state index contributed by atoms with van der Waals surface area (Å²) in [4.78, 5) is 11.4. The molecule has 2 aliphatic carbocycles. The van der Waals surface area contributed by atoms with E-state index in [1.54, 1.807) is 0 Å². The number of fused-ring (bicyclic) bond motifs is 3. The number of carboxylic acid groups (broad SMARTS) is 1. The van der Waals surface area contributed by atoms with Crippen molar-refractivity contribution in [2.45, 2.75) is 45.1 Å². The number of halogens is 1. The minimum atomic E-state index is -1.19. The smallest absolute Gasteiger partial charge is 0.339 e. The van der Waals surface area contributed by atoms with Crippen molar-refractivity contribution in [2.75, 3.05) is 20.0 Å². The van der Waals surface area contributed by atoms with E-state index in [9.17, 15) is 14.3 Å². The van der Waals surface area contributed by atoms with Gasteiger partial charge in [-0.3, -0.25) is 0 Å². The van der Waals surface area contributed by atoms with Crippen molar-refractivity contribution in [3.8, 4) is 5.75 Å². The Morgan fingerprint density at radius 2 is 2.24 bits per heavy atom. The molecule has 158 valence electrons. The van der Waals surface area contributed by atoms with Crippen LogP contribution in [0.5, 0.6) is 5.75 Å². The summed E-state index contributed by atoms with van der Waals surface area (Å²) in [6, 6.07) is 3.61. The molecule has 1 saturated heterocycles. The molecule has 1 N–H and O–H groups in total. The van der Waals surface area contributed by atoms with Gasteiger partial charge in [0.2, 0.25) is 0 Å². The van der Waals surface area contributed by atoms with Gasteiger partial charge < -0.3 is 19.3 Å². The minimum Gasteiger partial charge on any atom is -0.493 e. The number of hydrogen-bond donors (Lipinski definition) is 1. The number of allylic oxidation sites excluding steroid dienone is 1. The second-order valence-electron chi connectivity index (χ2n) is 8.84. The molecule has 1 aromatic carbocycles. The highest BCUT2D eigenvalue weighted by molar-refractivity contribution is 5.90. The van der Waals surface area contributed by atoms with E-state index >= 15 is 0 Å². The van der Waals surface area contributed by atoms with E-state index in [2.05, 4.69) is 13.5 Å². The van der Waals surface area contributed by atoms with E-state index in [4.69, 9.17) is 14.2 Å². The van der Waals surface area contributed by atoms with Crippen molar-refractivity contribution in [2.24, 2.45) is 23.2 Å². The Bertz CT molecular complexity index is 793. The number of carbonyl (C=O) groups is 1. The third-order valence-electron chi connectivity index (χ3n) is 7.39. The first-order chi connectivity index (χ1) is 13.9. The molecule has 0 radical (unpaired) electrons. The van der Waals surface area contributed by atoms with Crippen LogP contribution in [0, 0.1) is 29.0 Å². The van der Waals surface area contributed by atoms with Crippen molar-refractivity contribution >= 4 is 5.97 Å². The summed E-state index contributed by atoms with van der Waals surface area (Å²) in [5.41, 5.74) is 1.22.